The van der Waals surface area contributed by atoms with Crippen molar-refractivity contribution in [3.8, 4) is 11.1 Å². The summed E-state index contributed by atoms with van der Waals surface area (Å²) in [4.78, 5) is 3.58. The first kappa shape index (κ1) is 14.6. The fourth-order valence-electron chi connectivity index (χ4n) is 4.32. The number of nitrogens with one attached hydrogen (secondary N) is 1. The number of hydrogen-bond donors (Lipinski definition) is 1. The Morgan fingerprint density at radius 3 is 2.22 bits per heavy atom. The summed E-state index contributed by atoms with van der Waals surface area (Å²) in [7, 11) is 0. The monoisotopic (exact) mass is 343 g/mol. The molecule has 6 aromatic rings. The maximum absolute atomic E-state index is 3.58. The Hall–Kier alpha value is -3.58. The van der Waals surface area contributed by atoms with Crippen LogP contribution in [0.5, 0.6) is 0 Å². The lowest BCUT2D eigenvalue weighted by molar-refractivity contribution is 1.55. The van der Waals surface area contributed by atoms with Gasteiger partial charge in [0.05, 0.1) is 0 Å². The van der Waals surface area contributed by atoms with Crippen LogP contribution in [0.25, 0.3) is 54.5 Å². The third-order valence-electron chi connectivity index (χ3n) is 5.57. The molecular weight excluding hydrogens is 326 g/mol. The third kappa shape index (κ3) is 2.12. The molecule has 1 heterocycles. The van der Waals surface area contributed by atoms with Crippen LogP contribution < -0.4 is 0 Å². The van der Waals surface area contributed by atoms with E-state index in [0.717, 1.165) is 0 Å². The van der Waals surface area contributed by atoms with E-state index in [-0.39, 0.29) is 0 Å². The van der Waals surface area contributed by atoms with Gasteiger partial charge in [-0.05, 0) is 50.9 Å². The van der Waals surface area contributed by atoms with Gasteiger partial charge in [-0.25, -0.2) is 0 Å². The van der Waals surface area contributed by atoms with E-state index < -0.39 is 0 Å². The molecule has 5 aromatic carbocycles. The van der Waals surface area contributed by atoms with Gasteiger partial charge in [0, 0.05) is 21.8 Å². The SMILES string of the molecule is c1ccc2cc(-c3cccc4ccc5[nH]c6ccccc6c5c34)ccc2c1. The molecule has 0 bridgehead atoms. The first-order valence-electron chi connectivity index (χ1n) is 9.30. The van der Waals surface area contributed by atoms with Crippen LogP contribution >= 0.6 is 0 Å². The van der Waals surface area contributed by atoms with Gasteiger partial charge in [0.15, 0.2) is 0 Å². The van der Waals surface area contributed by atoms with Crippen LogP contribution in [0.3, 0.4) is 0 Å². The normalized spacial score (nSPS) is 11.7. The van der Waals surface area contributed by atoms with E-state index in [1.54, 1.807) is 0 Å². The van der Waals surface area contributed by atoms with Gasteiger partial charge < -0.3 is 4.98 Å². The van der Waals surface area contributed by atoms with Crippen LogP contribution in [0.1, 0.15) is 0 Å². The van der Waals surface area contributed by atoms with Crippen molar-refractivity contribution in [1.29, 1.82) is 0 Å². The molecule has 6 rings (SSSR count). The molecular formula is C26H17N. The maximum atomic E-state index is 3.58. The Morgan fingerprint density at radius 1 is 0.481 bits per heavy atom. The largest absolute Gasteiger partial charge is 0.354 e. The van der Waals surface area contributed by atoms with E-state index in [2.05, 4.69) is 102 Å². The van der Waals surface area contributed by atoms with Crippen molar-refractivity contribution < 1.29 is 0 Å². The van der Waals surface area contributed by atoms with E-state index >= 15 is 0 Å². The summed E-state index contributed by atoms with van der Waals surface area (Å²) in [5, 5.41) is 7.75. The highest BCUT2D eigenvalue weighted by Crippen LogP contribution is 2.38. The third-order valence-corrected chi connectivity index (χ3v) is 5.57. The van der Waals surface area contributed by atoms with Crippen molar-refractivity contribution in [2.45, 2.75) is 0 Å². The van der Waals surface area contributed by atoms with Crippen LogP contribution in [0.4, 0.5) is 0 Å². The molecule has 0 fully saturated rings. The first-order chi connectivity index (χ1) is 13.4. The van der Waals surface area contributed by atoms with Gasteiger partial charge in [0.2, 0.25) is 0 Å². The molecule has 0 unspecified atom stereocenters. The molecule has 1 nitrogen and oxygen atoms in total. The van der Waals surface area contributed by atoms with E-state index in [4.69, 9.17) is 0 Å². The lowest BCUT2D eigenvalue weighted by Crippen LogP contribution is -1.84. The molecule has 0 aliphatic rings. The molecule has 1 aromatic heterocycles. The summed E-state index contributed by atoms with van der Waals surface area (Å²) < 4.78 is 0. The molecule has 27 heavy (non-hydrogen) atoms. The summed E-state index contributed by atoms with van der Waals surface area (Å²) >= 11 is 0. The highest BCUT2D eigenvalue weighted by atomic mass is 14.7. The van der Waals surface area contributed by atoms with Crippen LogP contribution in [0.15, 0.2) is 97.1 Å². The second-order valence-corrected chi connectivity index (χ2v) is 7.12. The predicted molar refractivity (Wildman–Crippen MR) is 116 cm³/mol. The van der Waals surface area contributed by atoms with Gasteiger partial charge in [-0.2, -0.15) is 0 Å². The molecule has 0 saturated heterocycles. The topological polar surface area (TPSA) is 15.8 Å². The summed E-state index contributed by atoms with van der Waals surface area (Å²) in [6.45, 7) is 0. The highest BCUT2D eigenvalue weighted by Gasteiger charge is 2.12. The number of H-pyrrole nitrogens is 1. The Morgan fingerprint density at radius 2 is 1.26 bits per heavy atom. The second-order valence-electron chi connectivity index (χ2n) is 7.12. The minimum atomic E-state index is 1.19. The minimum Gasteiger partial charge on any atom is -0.354 e. The molecule has 1 N–H and O–H groups in total. The van der Waals surface area contributed by atoms with Crippen molar-refractivity contribution >= 4 is 43.4 Å². The van der Waals surface area contributed by atoms with Crippen LogP contribution in [0.2, 0.25) is 0 Å². The van der Waals surface area contributed by atoms with Gasteiger partial charge in [0.25, 0.3) is 0 Å². The minimum absolute atomic E-state index is 1.19. The molecule has 0 aliphatic carbocycles. The number of aromatic nitrogens is 1. The molecule has 0 spiro atoms. The fraction of sp³-hybridized carbons (Fsp3) is 0. The Bertz CT molecular complexity index is 1470. The first-order valence-corrected chi connectivity index (χ1v) is 9.30. The zero-order valence-electron chi connectivity index (χ0n) is 14.7. The van der Waals surface area contributed by atoms with Gasteiger partial charge in [-0.1, -0.05) is 78.9 Å². The average molecular weight is 343 g/mol. The van der Waals surface area contributed by atoms with Crippen molar-refractivity contribution in [2.24, 2.45) is 0 Å². The van der Waals surface area contributed by atoms with Crippen LogP contribution in [0, 0.1) is 0 Å². The zero-order valence-corrected chi connectivity index (χ0v) is 14.7. The number of aromatic amines is 1. The second kappa shape index (κ2) is 5.46. The van der Waals surface area contributed by atoms with Crippen LogP contribution in [-0.4, -0.2) is 4.98 Å². The molecule has 0 amide bonds. The quantitative estimate of drug-likeness (QED) is 0.322. The lowest BCUT2D eigenvalue weighted by atomic mass is 9.93. The Balaban J connectivity index is 1.78. The summed E-state index contributed by atoms with van der Waals surface area (Å²) in [6.07, 6.45) is 0. The van der Waals surface area contributed by atoms with Gasteiger partial charge in [-0.15, -0.1) is 0 Å². The van der Waals surface area contributed by atoms with Crippen molar-refractivity contribution in [3.05, 3.63) is 97.1 Å². The van der Waals surface area contributed by atoms with Crippen LogP contribution in [-0.2, 0) is 0 Å². The summed E-state index contributed by atoms with van der Waals surface area (Å²) in [6, 6.07) is 34.9. The number of para-hydroxylation sites is 1. The summed E-state index contributed by atoms with van der Waals surface area (Å²) in [5.74, 6) is 0. The number of benzene rings is 5. The molecule has 0 aliphatic heterocycles. The number of fused-ring (bicyclic) bond motifs is 6. The fourth-order valence-corrected chi connectivity index (χ4v) is 4.32. The van der Waals surface area contributed by atoms with Crippen molar-refractivity contribution in [1.82, 2.24) is 4.98 Å². The standard InChI is InChI=1S/C26H17N/c1-2-7-19-16-20(13-12-17(19)6-1)21-10-5-8-18-14-15-24-26(25(18)21)22-9-3-4-11-23(22)27-24/h1-16,27H. The van der Waals surface area contributed by atoms with E-state index in [9.17, 15) is 0 Å². The molecule has 0 radical (unpaired) electrons. The Labute approximate surface area is 156 Å². The lowest BCUT2D eigenvalue weighted by Gasteiger charge is -2.10. The Kier molecular flexibility index (Phi) is 2.95. The van der Waals surface area contributed by atoms with Crippen molar-refractivity contribution in [3.63, 3.8) is 0 Å². The van der Waals surface area contributed by atoms with Crippen molar-refractivity contribution in [2.75, 3.05) is 0 Å². The maximum Gasteiger partial charge on any atom is 0.0471 e. The van der Waals surface area contributed by atoms with Gasteiger partial charge >= 0.3 is 0 Å². The molecule has 0 atom stereocenters. The molecule has 126 valence electrons. The van der Waals surface area contributed by atoms with E-state index in [1.165, 1.54) is 54.5 Å². The predicted octanol–water partition coefficient (Wildman–Crippen LogP) is 7.29. The highest BCUT2D eigenvalue weighted by molar-refractivity contribution is 6.24. The number of hydrogen-bond acceptors (Lipinski definition) is 0. The molecule has 0 saturated carbocycles. The zero-order chi connectivity index (χ0) is 17.8. The van der Waals surface area contributed by atoms with E-state index in [0.29, 0.717) is 0 Å². The van der Waals surface area contributed by atoms with Gasteiger partial charge in [0.1, 0.15) is 0 Å². The van der Waals surface area contributed by atoms with Gasteiger partial charge in [-0.3, -0.25) is 0 Å². The van der Waals surface area contributed by atoms with E-state index in [1.807, 2.05) is 0 Å². The smallest absolute Gasteiger partial charge is 0.0471 e. The summed E-state index contributed by atoms with van der Waals surface area (Å²) in [5.41, 5.74) is 4.93. The average Bonchev–Trinajstić information content (AvgIpc) is 3.12. The number of rotatable bonds is 1. The molecule has 1 heteroatoms.